The number of phenolic OH excluding ortho intramolecular Hbond substituents is 1. The number of aromatic hydroxyl groups is 1. The van der Waals surface area contributed by atoms with Crippen LogP contribution in [0.5, 0.6) is 17.2 Å². The van der Waals surface area contributed by atoms with Crippen molar-refractivity contribution in [2.45, 2.75) is 37.6 Å². The summed E-state index contributed by atoms with van der Waals surface area (Å²) in [5, 5.41) is 49.4. The molecule has 10 nitrogen and oxygen atoms in total. The number of rotatable bonds is 5. The SMILES string of the molecule is COc1cc(-c2c(C)cc(O)cc2O[C@H]2O[C@@H](CO)[C@@H](O)[C@@H](O)[C@H]2O)oc(=O)c1. The van der Waals surface area contributed by atoms with Gasteiger partial charge in [-0.05, 0) is 18.6 Å². The molecule has 0 amide bonds. The molecule has 0 saturated carbocycles. The van der Waals surface area contributed by atoms with E-state index in [0.29, 0.717) is 5.56 Å². The van der Waals surface area contributed by atoms with Crippen molar-refractivity contribution in [3.05, 3.63) is 40.2 Å². The molecular weight excluding hydrogens is 388 g/mol. The molecule has 0 radical (unpaired) electrons. The Morgan fingerprint density at radius 3 is 2.45 bits per heavy atom. The van der Waals surface area contributed by atoms with Gasteiger partial charge < -0.3 is 44.2 Å². The molecule has 0 bridgehead atoms. The zero-order chi connectivity index (χ0) is 21.3. The number of aliphatic hydroxyl groups excluding tert-OH is 4. The van der Waals surface area contributed by atoms with Crippen LogP contribution in [0.2, 0.25) is 0 Å². The summed E-state index contributed by atoms with van der Waals surface area (Å²) in [6.45, 7) is 1.01. The Morgan fingerprint density at radius 1 is 1.07 bits per heavy atom. The lowest BCUT2D eigenvalue weighted by Gasteiger charge is -2.39. The second kappa shape index (κ2) is 8.39. The lowest BCUT2D eigenvalue weighted by atomic mass is 9.99. The van der Waals surface area contributed by atoms with Crippen molar-refractivity contribution in [2.75, 3.05) is 13.7 Å². The Hall–Kier alpha value is -2.63. The van der Waals surface area contributed by atoms with Crippen LogP contribution in [0.1, 0.15) is 5.56 Å². The van der Waals surface area contributed by atoms with Gasteiger partial charge in [0.25, 0.3) is 0 Å². The van der Waals surface area contributed by atoms with Gasteiger partial charge in [0.05, 0.1) is 25.3 Å². The maximum atomic E-state index is 11.8. The minimum absolute atomic E-state index is 0.0248. The van der Waals surface area contributed by atoms with Crippen molar-refractivity contribution in [1.29, 1.82) is 0 Å². The fraction of sp³-hybridized carbons (Fsp3) is 0.421. The smallest absolute Gasteiger partial charge is 0.339 e. The third-order valence-electron chi connectivity index (χ3n) is 4.60. The van der Waals surface area contributed by atoms with Gasteiger partial charge in [0.1, 0.15) is 47.4 Å². The molecule has 5 N–H and O–H groups in total. The maximum Gasteiger partial charge on any atom is 0.339 e. The van der Waals surface area contributed by atoms with Gasteiger partial charge in [-0.1, -0.05) is 0 Å². The Kier molecular flexibility index (Phi) is 6.10. The average Bonchev–Trinajstić information content (AvgIpc) is 2.67. The molecule has 1 aliphatic heterocycles. The average molecular weight is 410 g/mol. The normalized spacial score (nSPS) is 26.9. The van der Waals surface area contributed by atoms with Crippen LogP contribution in [-0.4, -0.2) is 70.0 Å². The fourth-order valence-corrected chi connectivity index (χ4v) is 3.13. The highest BCUT2D eigenvalue weighted by molar-refractivity contribution is 5.72. The van der Waals surface area contributed by atoms with Crippen LogP contribution in [0.15, 0.2) is 33.5 Å². The summed E-state index contributed by atoms with van der Waals surface area (Å²) < 4.78 is 21.3. The highest BCUT2D eigenvalue weighted by Gasteiger charge is 2.45. The van der Waals surface area contributed by atoms with Gasteiger partial charge in [-0.2, -0.15) is 0 Å². The van der Waals surface area contributed by atoms with Crippen LogP contribution in [0.4, 0.5) is 0 Å². The number of hydrogen-bond acceptors (Lipinski definition) is 10. The van der Waals surface area contributed by atoms with E-state index in [0.717, 1.165) is 6.07 Å². The molecule has 1 aromatic carbocycles. The Labute approximate surface area is 165 Å². The molecule has 29 heavy (non-hydrogen) atoms. The highest BCUT2D eigenvalue weighted by atomic mass is 16.7. The Balaban J connectivity index is 2.04. The molecular formula is C19H22O10. The van der Waals surface area contributed by atoms with Gasteiger partial charge in [-0.15, -0.1) is 0 Å². The highest BCUT2D eigenvalue weighted by Crippen LogP contribution is 2.38. The van der Waals surface area contributed by atoms with E-state index in [1.165, 1.54) is 25.3 Å². The third kappa shape index (κ3) is 4.21. The van der Waals surface area contributed by atoms with Gasteiger partial charge in [0.15, 0.2) is 0 Å². The van der Waals surface area contributed by atoms with Crippen LogP contribution in [-0.2, 0) is 4.74 Å². The Morgan fingerprint density at radius 2 is 1.79 bits per heavy atom. The predicted octanol–water partition coefficient (Wildman–Crippen LogP) is -0.492. The van der Waals surface area contributed by atoms with Gasteiger partial charge in [-0.25, -0.2) is 4.79 Å². The van der Waals surface area contributed by atoms with E-state index in [1.54, 1.807) is 6.92 Å². The maximum absolute atomic E-state index is 11.8. The van der Waals surface area contributed by atoms with Crippen LogP contribution >= 0.6 is 0 Å². The quantitative estimate of drug-likeness (QED) is 0.435. The fourth-order valence-electron chi connectivity index (χ4n) is 3.13. The summed E-state index contributed by atoms with van der Waals surface area (Å²) in [5.74, 6) is 0.119. The standard InChI is InChI=1S/C19H22O10/c1-8-3-9(21)4-11(15(8)12-5-10(26-2)6-14(22)27-12)28-19-18(25)17(24)16(23)13(7-20)29-19/h3-6,13,16-21,23-25H,7H2,1-2H3/t13-,16+,17+,18+,19-/m0/s1. The number of benzene rings is 1. The first-order valence-electron chi connectivity index (χ1n) is 8.75. The number of aliphatic hydroxyl groups is 4. The lowest BCUT2D eigenvalue weighted by Crippen LogP contribution is -2.60. The molecule has 1 aliphatic rings. The van der Waals surface area contributed by atoms with Crippen LogP contribution in [0.25, 0.3) is 11.3 Å². The van der Waals surface area contributed by atoms with Gasteiger partial charge >= 0.3 is 5.63 Å². The zero-order valence-electron chi connectivity index (χ0n) is 15.7. The van der Waals surface area contributed by atoms with Crippen molar-refractivity contribution in [1.82, 2.24) is 0 Å². The molecule has 0 spiro atoms. The molecule has 1 aromatic heterocycles. The summed E-state index contributed by atoms with van der Waals surface area (Å²) in [6.07, 6.45) is -7.49. The van der Waals surface area contributed by atoms with Crippen molar-refractivity contribution in [3.8, 4) is 28.6 Å². The van der Waals surface area contributed by atoms with Crippen LogP contribution < -0.4 is 15.1 Å². The van der Waals surface area contributed by atoms with Gasteiger partial charge in [0.2, 0.25) is 6.29 Å². The summed E-state index contributed by atoms with van der Waals surface area (Å²) >= 11 is 0. The van der Waals surface area contributed by atoms with E-state index < -0.39 is 42.9 Å². The van der Waals surface area contributed by atoms with Crippen molar-refractivity contribution in [2.24, 2.45) is 0 Å². The largest absolute Gasteiger partial charge is 0.508 e. The lowest BCUT2D eigenvalue weighted by molar-refractivity contribution is -0.277. The van der Waals surface area contributed by atoms with Crippen molar-refractivity contribution >= 4 is 0 Å². The van der Waals surface area contributed by atoms with E-state index in [4.69, 9.17) is 18.6 Å². The molecule has 0 unspecified atom stereocenters. The molecule has 2 heterocycles. The van der Waals surface area contributed by atoms with Gasteiger partial charge in [-0.3, -0.25) is 0 Å². The molecule has 3 rings (SSSR count). The van der Waals surface area contributed by atoms with Gasteiger partial charge in [0, 0.05) is 12.1 Å². The van der Waals surface area contributed by atoms with E-state index in [-0.39, 0.29) is 28.6 Å². The number of phenols is 1. The van der Waals surface area contributed by atoms with Crippen LogP contribution in [0, 0.1) is 6.92 Å². The topological polar surface area (TPSA) is 159 Å². The molecule has 2 aromatic rings. The first-order chi connectivity index (χ1) is 13.7. The summed E-state index contributed by atoms with van der Waals surface area (Å²) in [4.78, 5) is 11.8. The predicted molar refractivity (Wildman–Crippen MR) is 97.8 cm³/mol. The first kappa shape index (κ1) is 21.1. The van der Waals surface area contributed by atoms with Crippen molar-refractivity contribution in [3.63, 3.8) is 0 Å². The molecule has 5 atom stereocenters. The van der Waals surface area contributed by atoms with E-state index in [1.807, 2.05) is 0 Å². The summed E-state index contributed by atoms with van der Waals surface area (Å²) in [5.41, 5.74) is 0.0716. The minimum atomic E-state index is -1.65. The molecule has 1 fully saturated rings. The molecule has 158 valence electrons. The molecule has 0 aliphatic carbocycles. The second-order valence-electron chi connectivity index (χ2n) is 6.63. The first-order valence-corrected chi connectivity index (χ1v) is 8.75. The summed E-state index contributed by atoms with van der Waals surface area (Å²) in [7, 11) is 1.38. The molecule has 10 heteroatoms. The minimum Gasteiger partial charge on any atom is -0.508 e. The van der Waals surface area contributed by atoms with E-state index in [2.05, 4.69) is 0 Å². The monoisotopic (exact) mass is 410 g/mol. The van der Waals surface area contributed by atoms with Crippen molar-refractivity contribution < 1.29 is 44.2 Å². The number of hydrogen-bond donors (Lipinski definition) is 5. The van der Waals surface area contributed by atoms with E-state index in [9.17, 15) is 30.3 Å². The summed E-state index contributed by atoms with van der Waals surface area (Å²) in [6, 6.07) is 5.22. The number of aryl methyl sites for hydroxylation is 1. The molecule has 1 saturated heterocycles. The van der Waals surface area contributed by atoms with E-state index >= 15 is 0 Å². The third-order valence-corrected chi connectivity index (χ3v) is 4.60. The van der Waals surface area contributed by atoms with Crippen LogP contribution in [0.3, 0.4) is 0 Å². The zero-order valence-corrected chi connectivity index (χ0v) is 15.7. The Bertz CT molecular complexity index is 922. The number of ether oxygens (including phenoxy) is 3. The second-order valence-corrected chi connectivity index (χ2v) is 6.63. The number of methoxy groups -OCH3 is 1.